The average Bonchev–Trinajstić information content (AvgIpc) is 3.29. The molecule has 0 spiro atoms. The van der Waals surface area contributed by atoms with E-state index in [1.54, 1.807) is 6.92 Å². The maximum Gasteiger partial charge on any atom is 0.296 e. The molecule has 1 atom stereocenters. The molecule has 2 aromatic heterocycles. The molecular formula is C30H37ClN4O3. The van der Waals surface area contributed by atoms with Crippen molar-refractivity contribution < 1.29 is 14.6 Å². The van der Waals surface area contributed by atoms with Gasteiger partial charge in [0.1, 0.15) is 6.10 Å². The van der Waals surface area contributed by atoms with Gasteiger partial charge in [-0.15, -0.1) is 0 Å². The van der Waals surface area contributed by atoms with Gasteiger partial charge in [-0.2, -0.15) is 4.98 Å². The fraction of sp³-hybridized carbons (Fsp3) is 0.500. The van der Waals surface area contributed by atoms with E-state index in [9.17, 15) is 9.90 Å². The number of aliphatic hydroxyl groups is 1. The lowest BCUT2D eigenvalue weighted by Crippen LogP contribution is -2.34. The van der Waals surface area contributed by atoms with Crippen LogP contribution < -0.4 is 10.1 Å². The number of hydrogen-bond acceptors (Lipinski definition) is 5. The maximum atomic E-state index is 11.3. The van der Waals surface area contributed by atoms with Crippen molar-refractivity contribution in [2.45, 2.75) is 77.9 Å². The van der Waals surface area contributed by atoms with E-state index in [1.807, 2.05) is 18.2 Å². The summed E-state index contributed by atoms with van der Waals surface area (Å²) in [4.78, 5) is 23.9. The summed E-state index contributed by atoms with van der Waals surface area (Å²) in [5.41, 5.74) is 5.39. The molecule has 0 radical (unpaired) electrons. The molecule has 3 N–H and O–H groups in total. The predicted octanol–water partition coefficient (Wildman–Crippen LogP) is 6.31. The molecule has 1 amide bonds. The van der Waals surface area contributed by atoms with E-state index in [2.05, 4.69) is 47.3 Å². The summed E-state index contributed by atoms with van der Waals surface area (Å²) in [6.45, 7) is 6.05. The van der Waals surface area contributed by atoms with Crippen LogP contribution in [0.15, 0.2) is 36.4 Å². The number of H-pyrrole nitrogens is 1. The average molecular weight is 537 g/mol. The van der Waals surface area contributed by atoms with Crippen LogP contribution in [0.5, 0.6) is 6.01 Å². The molecule has 8 heteroatoms. The first-order valence-corrected chi connectivity index (χ1v) is 14.0. The van der Waals surface area contributed by atoms with E-state index in [0.29, 0.717) is 28.3 Å². The number of aromatic nitrogens is 3. The molecule has 7 nitrogen and oxygen atoms in total. The van der Waals surface area contributed by atoms with E-state index in [4.69, 9.17) is 21.3 Å². The topological polar surface area (TPSA) is 100 Å². The molecule has 1 saturated carbocycles. The lowest BCUT2D eigenvalue weighted by molar-refractivity contribution is -0.119. The molecular weight excluding hydrogens is 500 g/mol. The molecule has 38 heavy (non-hydrogen) atoms. The van der Waals surface area contributed by atoms with Crippen LogP contribution in [0, 0.1) is 11.3 Å². The van der Waals surface area contributed by atoms with Crippen molar-refractivity contribution in [1.82, 2.24) is 20.3 Å². The second kappa shape index (κ2) is 11.1. The third-order valence-corrected chi connectivity index (χ3v) is 8.51. The highest BCUT2D eigenvalue weighted by molar-refractivity contribution is 6.33. The van der Waals surface area contributed by atoms with Gasteiger partial charge >= 0.3 is 0 Å². The zero-order chi connectivity index (χ0) is 26.9. The number of nitrogens with zero attached hydrogens (tertiary/aromatic N) is 2. The summed E-state index contributed by atoms with van der Waals surface area (Å²) in [6.07, 6.45) is 9.03. The van der Waals surface area contributed by atoms with Gasteiger partial charge in [0, 0.05) is 25.1 Å². The summed E-state index contributed by atoms with van der Waals surface area (Å²) >= 11 is 6.64. The number of fused-ring (bicyclic) bond motifs is 1. The summed E-state index contributed by atoms with van der Waals surface area (Å²) in [6, 6.07) is 10.9. The third-order valence-electron chi connectivity index (χ3n) is 8.22. The second-order valence-corrected chi connectivity index (χ2v) is 11.9. The minimum atomic E-state index is -0.0518. The van der Waals surface area contributed by atoms with Crippen LogP contribution in [0.2, 0.25) is 5.02 Å². The number of pyridine rings is 1. The second-order valence-electron chi connectivity index (χ2n) is 11.4. The highest BCUT2D eigenvalue weighted by Gasteiger charge is 2.33. The van der Waals surface area contributed by atoms with E-state index in [0.717, 1.165) is 56.0 Å². The Bertz CT molecular complexity index is 1320. The van der Waals surface area contributed by atoms with Crippen molar-refractivity contribution in [3.8, 4) is 17.3 Å². The van der Waals surface area contributed by atoms with Crippen LogP contribution in [0.4, 0.5) is 0 Å². The molecule has 2 aliphatic carbocycles. The number of amides is 1. The number of hydrogen-bond donors (Lipinski definition) is 3. The largest absolute Gasteiger partial charge is 0.461 e. The van der Waals surface area contributed by atoms with Crippen LogP contribution in [-0.2, 0) is 4.79 Å². The number of aromatic amines is 1. The smallest absolute Gasteiger partial charge is 0.296 e. The number of imidazole rings is 1. The quantitative estimate of drug-likeness (QED) is 0.328. The van der Waals surface area contributed by atoms with Crippen molar-refractivity contribution in [2.75, 3.05) is 6.61 Å². The van der Waals surface area contributed by atoms with Gasteiger partial charge in [-0.3, -0.25) is 4.79 Å². The Balaban J connectivity index is 1.26. The molecule has 1 aromatic carbocycles. The van der Waals surface area contributed by atoms with Crippen molar-refractivity contribution >= 4 is 34.2 Å². The van der Waals surface area contributed by atoms with Gasteiger partial charge in [0.15, 0.2) is 5.65 Å². The van der Waals surface area contributed by atoms with E-state index < -0.39 is 0 Å². The molecule has 3 aromatic rings. The molecule has 0 bridgehead atoms. The number of rotatable bonds is 7. The number of aliphatic hydroxyl groups excluding tert-OH is 1. The van der Waals surface area contributed by atoms with Gasteiger partial charge in [-0.1, -0.05) is 55.8 Å². The zero-order valence-corrected chi connectivity index (χ0v) is 23.1. The molecule has 1 fully saturated rings. The number of allylic oxidation sites excluding steroid dienone is 1. The third kappa shape index (κ3) is 5.89. The van der Waals surface area contributed by atoms with Gasteiger partial charge < -0.3 is 20.1 Å². The summed E-state index contributed by atoms with van der Waals surface area (Å²) in [5.74, 6) is 0.533. The highest BCUT2D eigenvalue weighted by Crippen LogP contribution is 2.39. The first kappa shape index (κ1) is 26.7. The normalized spacial score (nSPS) is 22.2. The van der Waals surface area contributed by atoms with Crippen molar-refractivity contribution in [3.05, 3.63) is 47.0 Å². The van der Waals surface area contributed by atoms with Gasteiger partial charge in [0.2, 0.25) is 5.91 Å². The highest BCUT2D eigenvalue weighted by atomic mass is 35.5. The molecule has 1 unspecified atom stereocenters. The Hall–Kier alpha value is -2.90. The Labute approximate surface area is 229 Å². The van der Waals surface area contributed by atoms with Crippen LogP contribution in [0.3, 0.4) is 0 Å². The molecule has 2 heterocycles. The number of halogens is 1. The zero-order valence-electron chi connectivity index (χ0n) is 22.4. The SMILES string of the molecule is CC(=O)NC1CC=C(c2ccc(-c3nc4nc(O[C@H]5CC[C@H](C(C)(C)CO)CC5)[nH]c4cc3Cl)cc2)CC1. The number of benzene rings is 1. The maximum absolute atomic E-state index is 11.3. The van der Waals surface area contributed by atoms with Crippen LogP contribution in [0.1, 0.15) is 71.3 Å². The molecule has 202 valence electrons. The summed E-state index contributed by atoms with van der Waals surface area (Å²) in [5, 5.41) is 13.2. The fourth-order valence-corrected chi connectivity index (χ4v) is 6.02. The number of carbonyl (C=O) groups is 1. The Kier molecular flexibility index (Phi) is 7.78. The van der Waals surface area contributed by atoms with Crippen LogP contribution >= 0.6 is 11.6 Å². The lowest BCUT2D eigenvalue weighted by Gasteiger charge is -2.37. The van der Waals surface area contributed by atoms with Crippen molar-refractivity contribution in [3.63, 3.8) is 0 Å². The van der Waals surface area contributed by atoms with Gasteiger partial charge in [-0.05, 0) is 73.5 Å². The number of ether oxygens (including phenoxy) is 1. The van der Waals surface area contributed by atoms with E-state index in [1.165, 1.54) is 11.1 Å². The van der Waals surface area contributed by atoms with E-state index >= 15 is 0 Å². The molecule has 5 rings (SSSR count). The minimum Gasteiger partial charge on any atom is -0.461 e. The standard InChI is InChI=1S/C30H37ClN4O3/c1-18(37)32-23-12-8-20(9-13-23)19-4-6-21(7-5-19)27-25(31)16-26-28(34-27)35-29(33-26)38-24-14-10-22(11-15-24)30(2,3)17-36/h4-8,16,22-24,36H,9-15,17H2,1-3H3,(H,32,37)(H,33,34,35)/t22-,23?,24-. The summed E-state index contributed by atoms with van der Waals surface area (Å²) < 4.78 is 6.19. The fourth-order valence-electron chi connectivity index (χ4n) is 5.76. The van der Waals surface area contributed by atoms with Gasteiger partial charge in [0.05, 0.1) is 16.2 Å². The first-order chi connectivity index (χ1) is 18.2. The first-order valence-electron chi connectivity index (χ1n) is 13.6. The Morgan fingerprint density at radius 1 is 1.13 bits per heavy atom. The van der Waals surface area contributed by atoms with Crippen LogP contribution in [-0.4, -0.2) is 44.7 Å². The minimum absolute atomic E-state index is 0.0265. The van der Waals surface area contributed by atoms with Crippen molar-refractivity contribution in [2.24, 2.45) is 11.3 Å². The number of nitrogens with one attached hydrogen (secondary N) is 2. The van der Waals surface area contributed by atoms with Gasteiger partial charge in [-0.25, -0.2) is 4.98 Å². The van der Waals surface area contributed by atoms with Crippen LogP contribution in [0.25, 0.3) is 28.0 Å². The summed E-state index contributed by atoms with van der Waals surface area (Å²) in [7, 11) is 0. The molecule has 0 saturated heterocycles. The van der Waals surface area contributed by atoms with E-state index in [-0.39, 0.29) is 30.1 Å². The molecule has 2 aliphatic rings. The predicted molar refractivity (Wildman–Crippen MR) is 151 cm³/mol. The molecule has 0 aliphatic heterocycles. The van der Waals surface area contributed by atoms with Crippen molar-refractivity contribution in [1.29, 1.82) is 0 Å². The monoisotopic (exact) mass is 536 g/mol. The lowest BCUT2D eigenvalue weighted by atomic mass is 9.71. The Morgan fingerprint density at radius 3 is 2.47 bits per heavy atom. The number of carbonyl (C=O) groups excluding carboxylic acids is 1. The van der Waals surface area contributed by atoms with Gasteiger partial charge in [0.25, 0.3) is 6.01 Å². The Morgan fingerprint density at radius 2 is 1.84 bits per heavy atom.